The van der Waals surface area contributed by atoms with Gasteiger partial charge in [-0.1, -0.05) is 0 Å². The average molecular weight is 155 g/mol. The Morgan fingerprint density at radius 1 is 1.09 bits per heavy atom. The molecule has 0 amide bonds. The van der Waals surface area contributed by atoms with E-state index in [1.54, 1.807) is 0 Å². The van der Waals surface area contributed by atoms with Crippen LogP contribution in [0.15, 0.2) is 0 Å². The van der Waals surface area contributed by atoms with Crippen LogP contribution in [0.1, 0.15) is 44.9 Å². The van der Waals surface area contributed by atoms with Gasteiger partial charge in [0.2, 0.25) is 0 Å². The van der Waals surface area contributed by atoms with E-state index in [9.17, 15) is 5.11 Å². The molecule has 0 saturated heterocycles. The van der Waals surface area contributed by atoms with Crippen LogP contribution < -0.4 is 5.73 Å². The fourth-order valence-electron chi connectivity index (χ4n) is 1.57. The van der Waals surface area contributed by atoms with Crippen molar-refractivity contribution in [2.45, 2.75) is 56.1 Å². The van der Waals surface area contributed by atoms with E-state index in [0.717, 1.165) is 32.1 Å². The molecule has 0 spiro atoms. The van der Waals surface area contributed by atoms with Gasteiger partial charge in [0.05, 0.1) is 5.60 Å². The SMILES string of the molecule is NC1(CCCC2(O)CC2)CC1. The maximum absolute atomic E-state index is 9.51. The predicted octanol–water partition coefficient (Wildman–Crippen LogP) is 1.17. The zero-order chi connectivity index (χ0) is 7.95. The van der Waals surface area contributed by atoms with Crippen LogP contribution in [-0.4, -0.2) is 16.2 Å². The van der Waals surface area contributed by atoms with Gasteiger partial charge in [-0.15, -0.1) is 0 Å². The fourth-order valence-corrected chi connectivity index (χ4v) is 1.57. The van der Waals surface area contributed by atoms with Crippen molar-refractivity contribution in [1.82, 2.24) is 0 Å². The van der Waals surface area contributed by atoms with Gasteiger partial charge in [-0.2, -0.15) is 0 Å². The first-order valence-corrected chi connectivity index (χ1v) is 4.63. The molecule has 64 valence electrons. The first kappa shape index (κ1) is 7.56. The molecule has 0 radical (unpaired) electrons. The molecule has 2 saturated carbocycles. The third-order valence-corrected chi connectivity index (χ3v) is 3.04. The Hall–Kier alpha value is -0.0800. The number of aliphatic hydroxyl groups is 1. The minimum Gasteiger partial charge on any atom is -0.390 e. The van der Waals surface area contributed by atoms with Crippen molar-refractivity contribution in [3.05, 3.63) is 0 Å². The molecule has 2 rings (SSSR count). The lowest BCUT2D eigenvalue weighted by molar-refractivity contribution is 0.135. The lowest BCUT2D eigenvalue weighted by Gasteiger charge is -2.10. The largest absolute Gasteiger partial charge is 0.390 e. The molecular formula is C9H17NO. The Labute approximate surface area is 67.8 Å². The summed E-state index contributed by atoms with van der Waals surface area (Å²) in [4.78, 5) is 0. The summed E-state index contributed by atoms with van der Waals surface area (Å²) in [6.07, 6.45) is 7.65. The Balaban J connectivity index is 1.60. The minimum absolute atomic E-state index is 0.186. The average Bonchev–Trinajstić information content (AvgIpc) is 2.78. The van der Waals surface area contributed by atoms with E-state index in [1.165, 1.54) is 12.8 Å². The lowest BCUT2D eigenvalue weighted by Crippen LogP contribution is -2.22. The Morgan fingerprint density at radius 3 is 2.18 bits per heavy atom. The molecule has 2 nitrogen and oxygen atoms in total. The monoisotopic (exact) mass is 155 g/mol. The quantitative estimate of drug-likeness (QED) is 0.640. The summed E-state index contributed by atoms with van der Waals surface area (Å²) in [5, 5.41) is 9.51. The van der Waals surface area contributed by atoms with Crippen LogP contribution in [0.4, 0.5) is 0 Å². The summed E-state index contributed by atoms with van der Waals surface area (Å²) in [5.74, 6) is 0. The third kappa shape index (κ3) is 1.94. The van der Waals surface area contributed by atoms with E-state index in [1.807, 2.05) is 0 Å². The van der Waals surface area contributed by atoms with Crippen molar-refractivity contribution in [2.75, 3.05) is 0 Å². The number of nitrogens with two attached hydrogens (primary N) is 1. The first-order chi connectivity index (χ1) is 5.12. The van der Waals surface area contributed by atoms with E-state index in [4.69, 9.17) is 5.73 Å². The zero-order valence-corrected chi connectivity index (χ0v) is 6.97. The van der Waals surface area contributed by atoms with E-state index < -0.39 is 0 Å². The van der Waals surface area contributed by atoms with Crippen molar-refractivity contribution in [1.29, 1.82) is 0 Å². The lowest BCUT2D eigenvalue weighted by atomic mass is 10.1. The molecule has 0 unspecified atom stereocenters. The first-order valence-electron chi connectivity index (χ1n) is 4.63. The molecule has 0 bridgehead atoms. The summed E-state index contributed by atoms with van der Waals surface area (Å²) in [6.45, 7) is 0. The predicted molar refractivity (Wildman–Crippen MR) is 44.2 cm³/mol. The summed E-state index contributed by atoms with van der Waals surface area (Å²) >= 11 is 0. The highest BCUT2D eigenvalue weighted by Gasteiger charge is 2.42. The van der Waals surface area contributed by atoms with Gasteiger partial charge in [-0.3, -0.25) is 0 Å². The van der Waals surface area contributed by atoms with E-state index in [2.05, 4.69) is 0 Å². The third-order valence-electron chi connectivity index (χ3n) is 3.04. The van der Waals surface area contributed by atoms with Crippen molar-refractivity contribution in [3.63, 3.8) is 0 Å². The number of hydrogen-bond donors (Lipinski definition) is 2. The van der Waals surface area contributed by atoms with Crippen molar-refractivity contribution >= 4 is 0 Å². The highest BCUT2D eigenvalue weighted by atomic mass is 16.3. The highest BCUT2D eigenvalue weighted by Crippen LogP contribution is 2.42. The van der Waals surface area contributed by atoms with E-state index in [-0.39, 0.29) is 11.1 Å². The second kappa shape index (κ2) is 2.20. The van der Waals surface area contributed by atoms with Gasteiger partial charge >= 0.3 is 0 Å². The molecule has 0 aromatic heterocycles. The molecule has 2 heteroatoms. The second-order valence-electron chi connectivity index (χ2n) is 4.44. The standard InChI is InChI=1S/C9H17NO/c10-8(4-5-8)2-1-3-9(11)6-7-9/h11H,1-7,10H2. The fraction of sp³-hybridized carbons (Fsp3) is 1.00. The van der Waals surface area contributed by atoms with Gasteiger partial charge in [0.15, 0.2) is 0 Å². The minimum atomic E-state index is -0.259. The number of hydrogen-bond acceptors (Lipinski definition) is 2. The summed E-state index contributed by atoms with van der Waals surface area (Å²) in [5.41, 5.74) is 5.84. The van der Waals surface area contributed by atoms with Crippen molar-refractivity contribution < 1.29 is 5.11 Å². The molecular weight excluding hydrogens is 138 g/mol. The Bertz CT molecular complexity index is 141. The van der Waals surface area contributed by atoms with Gasteiger partial charge in [0, 0.05) is 5.54 Å². The molecule has 0 atom stereocenters. The number of rotatable bonds is 4. The normalized spacial score (nSPS) is 30.0. The van der Waals surface area contributed by atoms with Crippen LogP contribution in [0, 0.1) is 0 Å². The van der Waals surface area contributed by atoms with Crippen LogP contribution in [0.5, 0.6) is 0 Å². The van der Waals surface area contributed by atoms with Gasteiger partial charge < -0.3 is 10.8 Å². The van der Waals surface area contributed by atoms with Crippen LogP contribution in [0.3, 0.4) is 0 Å². The van der Waals surface area contributed by atoms with Gasteiger partial charge in [-0.25, -0.2) is 0 Å². The molecule has 0 aromatic rings. The Kier molecular flexibility index (Phi) is 1.52. The van der Waals surface area contributed by atoms with E-state index >= 15 is 0 Å². The topological polar surface area (TPSA) is 46.2 Å². The molecule has 2 aliphatic carbocycles. The summed E-state index contributed by atoms with van der Waals surface area (Å²) < 4.78 is 0. The van der Waals surface area contributed by atoms with Gasteiger partial charge in [0.25, 0.3) is 0 Å². The molecule has 0 aromatic carbocycles. The Morgan fingerprint density at radius 2 is 1.73 bits per heavy atom. The molecule has 2 aliphatic rings. The second-order valence-corrected chi connectivity index (χ2v) is 4.44. The van der Waals surface area contributed by atoms with Gasteiger partial charge in [0.1, 0.15) is 0 Å². The molecule has 2 fully saturated rings. The van der Waals surface area contributed by atoms with Crippen LogP contribution in [0.25, 0.3) is 0 Å². The molecule has 0 aliphatic heterocycles. The van der Waals surface area contributed by atoms with Crippen molar-refractivity contribution in [3.8, 4) is 0 Å². The molecule has 3 N–H and O–H groups in total. The van der Waals surface area contributed by atoms with E-state index in [0.29, 0.717) is 0 Å². The molecule has 0 heterocycles. The van der Waals surface area contributed by atoms with Crippen LogP contribution in [-0.2, 0) is 0 Å². The zero-order valence-electron chi connectivity index (χ0n) is 6.97. The molecule has 11 heavy (non-hydrogen) atoms. The van der Waals surface area contributed by atoms with Gasteiger partial charge in [-0.05, 0) is 44.9 Å². The van der Waals surface area contributed by atoms with Crippen LogP contribution >= 0.6 is 0 Å². The summed E-state index contributed by atoms with van der Waals surface area (Å²) in [7, 11) is 0. The van der Waals surface area contributed by atoms with Crippen LogP contribution in [0.2, 0.25) is 0 Å². The maximum atomic E-state index is 9.51. The highest BCUT2D eigenvalue weighted by molar-refractivity contribution is 5.00. The smallest absolute Gasteiger partial charge is 0.0650 e. The van der Waals surface area contributed by atoms with Crippen molar-refractivity contribution in [2.24, 2.45) is 5.73 Å². The summed E-state index contributed by atoms with van der Waals surface area (Å²) in [6, 6.07) is 0. The maximum Gasteiger partial charge on any atom is 0.0650 e.